The standard InChI is InChI=1S/C30H20ClN/c31-25-11-7-10-23(19-25)21-8-6-9-22(18-21)24-16-17-28-27-14-4-5-15-29(27)32(30(28)20-24)26-12-2-1-3-13-26/h1-20H. The molecule has 1 nitrogen and oxygen atoms in total. The number of hydrogen-bond donors (Lipinski definition) is 0. The van der Waals surface area contributed by atoms with Gasteiger partial charge in [0, 0.05) is 21.5 Å². The number of halogens is 1. The zero-order valence-corrected chi connectivity index (χ0v) is 18.1. The lowest BCUT2D eigenvalue weighted by atomic mass is 9.98. The Balaban J connectivity index is 1.57. The molecule has 5 aromatic carbocycles. The third-order valence-corrected chi connectivity index (χ3v) is 6.28. The van der Waals surface area contributed by atoms with Crippen molar-refractivity contribution >= 4 is 33.4 Å². The number of benzene rings is 5. The molecule has 0 radical (unpaired) electrons. The van der Waals surface area contributed by atoms with E-state index in [0.29, 0.717) is 0 Å². The number of fused-ring (bicyclic) bond motifs is 3. The smallest absolute Gasteiger partial charge is 0.0547 e. The molecule has 0 atom stereocenters. The lowest BCUT2D eigenvalue weighted by Crippen LogP contribution is -1.93. The van der Waals surface area contributed by atoms with Gasteiger partial charge in [-0.15, -0.1) is 0 Å². The Bertz CT molecular complexity index is 1580. The van der Waals surface area contributed by atoms with Gasteiger partial charge in [-0.1, -0.05) is 90.5 Å². The topological polar surface area (TPSA) is 4.93 Å². The molecule has 0 N–H and O–H groups in total. The molecule has 0 bridgehead atoms. The Morgan fingerprint density at radius 1 is 0.438 bits per heavy atom. The summed E-state index contributed by atoms with van der Waals surface area (Å²) in [5.74, 6) is 0. The van der Waals surface area contributed by atoms with Gasteiger partial charge < -0.3 is 4.57 Å². The molecule has 32 heavy (non-hydrogen) atoms. The fourth-order valence-electron chi connectivity index (χ4n) is 4.55. The summed E-state index contributed by atoms with van der Waals surface area (Å²) in [6, 6.07) is 42.6. The molecule has 0 amide bonds. The third-order valence-electron chi connectivity index (χ3n) is 6.04. The normalized spacial score (nSPS) is 11.3. The lowest BCUT2D eigenvalue weighted by Gasteiger charge is -2.10. The van der Waals surface area contributed by atoms with E-state index < -0.39 is 0 Å². The Kier molecular flexibility index (Phi) is 4.56. The van der Waals surface area contributed by atoms with Crippen LogP contribution in [0.3, 0.4) is 0 Å². The van der Waals surface area contributed by atoms with E-state index in [2.05, 4.69) is 108 Å². The summed E-state index contributed by atoms with van der Waals surface area (Å²) in [5.41, 5.74) is 8.27. The minimum absolute atomic E-state index is 0.752. The highest BCUT2D eigenvalue weighted by atomic mass is 35.5. The number of rotatable bonds is 3. The molecule has 2 heteroatoms. The largest absolute Gasteiger partial charge is 0.309 e. The van der Waals surface area contributed by atoms with Crippen molar-refractivity contribution in [3.63, 3.8) is 0 Å². The van der Waals surface area contributed by atoms with Crippen LogP contribution in [0.15, 0.2) is 121 Å². The fraction of sp³-hybridized carbons (Fsp3) is 0. The second-order valence-corrected chi connectivity index (χ2v) is 8.45. The second kappa shape index (κ2) is 7.71. The lowest BCUT2D eigenvalue weighted by molar-refractivity contribution is 1.18. The first kappa shape index (κ1) is 18.9. The van der Waals surface area contributed by atoms with Crippen molar-refractivity contribution in [3.8, 4) is 27.9 Å². The van der Waals surface area contributed by atoms with Crippen LogP contribution >= 0.6 is 11.6 Å². The number of hydrogen-bond acceptors (Lipinski definition) is 0. The average molecular weight is 430 g/mol. The van der Waals surface area contributed by atoms with Gasteiger partial charge in [0.1, 0.15) is 0 Å². The van der Waals surface area contributed by atoms with Crippen LogP contribution in [-0.4, -0.2) is 4.57 Å². The molecule has 0 fully saturated rings. The molecule has 0 spiro atoms. The van der Waals surface area contributed by atoms with Gasteiger partial charge in [0.15, 0.2) is 0 Å². The highest BCUT2D eigenvalue weighted by Gasteiger charge is 2.13. The molecule has 6 aromatic rings. The van der Waals surface area contributed by atoms with E-state index in [0.717, 1.165) is 16.1 Å². The summed E-state index contributed by atoms with van der Waals surface area (Å²) >= 11 is 6.23. The van der Waals surface area contributed by atoms with Gasteiger partial charge in [-0.25, -0.2) is 0 Å². The Morgan fingerprint density at radius 2 is 1.06 bits per heavy atom. The molecule has 0 unspecified atom stereocenters. The van der Waals surface area contributed by atoms with Crippen LogP contribution in [0.2, 0.25) is 5.02 Å². The monoisotopic (exact) mass is 429 g/mol. The van der Waals surface area contributed by atoms with Crippen molar-refractivity contribution in [2.75, 3.05) is 0 Å². The summed E-state index contributed by atoms with van der Waals surface area (Å²) in [6.07, 6.45) is 0. The van der Waals surface area contributed by atoms with Gasteiger partial charge in [-0.3, -0.25) is 0 Å². The highest BCUT2D eigenvalue weighted by Crippen LogP contribution is 2.35. The number of nitrogens with zero attached hydrogens (tertiary/aromatic N) is 1. The van der Waals surface area contributed by atoms with Crippen LogP contribution in [0.5, 0.6) is 0 Å². The molecule has 152 valence electrons. The first-order chi connectivity index (χ1) is 15.8. The zero-order chi connectivity index (χ0) is 21.5. The van der Waals surface area contributed by atoms with Crippen molar-refractivity contribution < 1.29 is 0 Å². The maximum Gasteiger partial charge on any atom is 0.0547 e. The molecule has 1 aromatic heterocycles. The number of aromatic nitrogens is 1. The Morgan fingerprint density at radius 3 is 1.84 bits per heavy atom. The molecule has 0 aliphatic rings. The van der Waals surface area contributed by atoms with E-state index >= 15 is 0 Å². The van der Waals surface area contributed by atoms with E-state index in [9.17, 15) is 0 Å². The predicted octanol–water partition coefficient (Wildman–Crippen LogP) is 8.77. The van der Waals surface area contributed by atoms with Gasteiger partial charge in [0.25, 0.3) is 0 Å². The molecular formula is C30H20ClN. The first-order valence-corrected chi connectivity index (χ1v) is 11.1. The summed E-state index contributed by atoms with van der Waals surface area (Å²) < 4.78 is 2.36. The minimum Gasteiger partial charge on any atom is -0.309 e. The van der Waals surface area contributed by atoms with Crippen molar-refractivity contribution in [1.82, 2.24) is 4.57 Å². The molecule has 0 saturated heterocycles. The summed E-state index contributed by atoms with van der Waals surface area (Å²) in [7, 11) is 0. The van der Waals surface area contributed by atoms with E-state index in [1.54, 1.807) is 0 Å². The highest BCUT2D eigenvalue weighted by molar-refractivity contribution is 6.30. The van der Waals surface area contributed by atoms with Crippen molar-refractivity contribution in [2.45, 2.75) is 0 Å². The Labute approximate surface area is 192 Å². The summed E-state index contributed by atoms with van der Waals surface area (Å²) in [5, 5.41) is 3.28. The van der Waals surface area contributed by atoms with Crippen LogP contribution in [0, 0.1) is 0 Å². The maximum atomic E-state index is 6.23. The summed E-state index contributed by atoms with van der Waals surface area (Å²) in [6.45, 7) is 0. The minimum atomic E-state index is 0.752. The van der Waals surface area contributed by atoms with Crippen molar-refractivity contribution in [2.24, 2.45) is 0 Å². The van der Waals surface area contributed by atoms with Crippen LogP contribution in [0.4, 0.5) is 0 Å². The summed E-state index contributed by atoms with van der Waals surface area (Å²) in [4.78, 5) is 0. The number of para-hydroxylation sites is 2. The second-order valence-electron chi connectivity index (χ2n) is 8.01. The van der Waals surface area contributed by atoms with E-state index in [1.807, 2.05) is 18.2 Å². The van der Waals surface area contributed by atoms with Crippen LogP contribution in [0.25, 0.3) is 49.7 Å². The van der Waals surface area contributed by atoms with Crippen molar-refractivity contribution in [1.29, 1.82) is 0 Å². The van der Waals surface area contributed by atoms with E-state index in [4.69, 9.17) is 11.6 Å². The SMILES string of the molecule is Clc1cccc(-c2cccc(-c3ccc4c5ccccc5n(-c5ccccc5)c4c3)c2)c1. The average Bonchev–Trinajstić information content (AvgIpc) is 3.18. The van der Waals surface area contributed by atoms with Crippen LogP contribution in [-0.2, 0) is 0 Å². The first-order valence-electron chi connectivity index (χ1n) is 10.7. The maximum absolute atomic E-state index is 6.23. The Hall–Kier alpha value is -3.81. The van der Waals surface area contributed by atoms with Gasteiger partial charge in [-0.2, -0.15) is 0 Å². The van der Waals surface area contributed by atoms with Gasteiger partial charge in [0.2, 0.25) is 0 Å². The van der Waals surface area contributed by atoms with Crippen LogP contribution < -0.4 is 0 Å². The molecule has 6 rings (SSSR count). The molecule has 0 aliphatic carbocycles. The van der Waals surface area contributed by atoms with Gasteiger partial charge in [-0.05, 0) is 64.7 Å². The van der Waals surface area contributed by atoms with Gasteiger partial charge >= 0.3 is 0 Å². The third kappa shape index (κ3) is 3.19. The van der Waals surface area contributed by atoms with E-state index in [1.165, 1.54) is 38.6 Å². The quantitative estimate of drug-likeness (QED) is 0.265. The van der Waals surface area contributed by atoms with Crippen molar-refractivity contribution in [3.05, 3.63) is 126 Å². The molecule has 0 aliphatic heterocycles. The van der Waals surface area contributed by atoms with E-state index in [-0.39, 0.29) is 0 Å². The fourth-order valence-corrected chi connectivity index (χ4v) is 4.74. The zero-order valence-electron chi connectivity index (χ0n) is 17.4. The molecule has 1 heterocycles. The van der Waals surface area contributed by atoms with Crippen LogP contribution in [0.1, 0.15) is 0 Å². The molecular weight excluding hydrogens is 410 g/mol. The predicted molar refractivity (Wildman–Crippen MR) is 137 cm³/mol. The molecule has 0 saturated carbocycles. The van der Waals surface area contributed by atoms with Gasteiger partial charge in [0.05, 0.1) is 11.0 Å².